The van der Waals surface area contributed by atoms with Crippen molar-refractivity contribution in [3.05, 3.63) is 10.1 Å². The summed E-state index contributed by atoms with van der Waals surface area (Å²) in [5.41, 5.74) is 0. The summed E-state index contributed by atoms with van der Waals surface area (Å²) in [7, 11) is 0. The van der Waals surface area contributed by atoms with Crippen LogP contribution in [-0.2, 0) is 7.91 Å². The maximum atomic E-state index is 10.8. The summed E-state index contributed by atoms with van der Waals surface area (Å²) in [5, 5.41) is 10.2. The molecule has 0 radical (unpaired) electrons. The minimum absolute atomic E-state index is 0.0366. The molecule has 0 N–H and O–H groups in total. The second-order valence-corrected chi connectivity index (χ2v) is 19.0. The Bertz CT molecular complexity index is 332. The normalized spacial score (nSPS) is 21.6. The molecule has 0 aromatic rings. The van der Waals surface area contributed by atoms with E-state index in [1.807, 2.05) is 0 Å². The van der Waals surface area contributed by atoms with Crippen LogP contribution in [0.4, 0.5) is 0 Å². The van der Waals surface area contributed by atoms with Crippen molar-refractivity contribution in [2.45, 2.75) is 110 Å². The molecule has 0 amide bonds. The molecule has 2 atom stereocenters. The summed E-state index contributed by atoms with van der Waals surface area (Å²) >= 11 is -2.72. The molecule has 1 fully saturated rings. The van der Waals surface area contributed by atoms with Crippen molar-refractivity contribution < 1.29 is 13.0 Å². The molecule has 5 nitrogen and oxygen atoms in total. The summed E-state index contributed by atoms with van der Waals surface area (Å²) in [6.45, 7) is 6.74. The van der Waals surface area contributed by atoms with Crippen LogP contribution in [0.1, 0.15) is 85.0 Å². The molecular weight excluding hydrogens is 413 g/mol. The monoisotopic (exact) mass is 451 g/mol. The fraction of sp³-hybridized carbons (Fsp3) is 1.00. The van der Waals surface area contributed by atoms with E-state index in [0.29, 0.717) is 0 Å². The predicted octanol–water partition coefficient (Wildman–Crippen LogP) is 5.87. The van der Waals surface area contributed by atoms with Crippen molar-refractivity contribution in [1.82, 2.24) is 0 Å². The molecular formula is C18H37NO4Sn. The number of nitrogens with zero attached hydrogens (tertiary/aromatic N) is 1. The van der Waals surface area contributed by atoms with Gasteiger partial charge in [0.25, 0.3) is 0 Å². The van der Waals surface area contributed by atoms with Crippen molar-refractivity contribution in [2.24, 2.45) is 0 Å². The van der Waals surface area contributed by atoms with Crippen molar-refractivity contribution in [3.8, 4) is 0 Å². The van der Waals surface area contributed by atoms with Gasteiger partial charge < -0.3 is 0 Å². The SMILES string of the molecule is CCC[CH2][Sn]([CH2]CCC)([CH2]CCC)[O][C@@H]1CCCC[C@@H]1O[N+](=O)[O-]. The van der Waals surface area contributed by atoms with E-state index >= 15 is 0 Å². The Morgan fingerprint density at radius 2 is 1.38 bits per heavy atom. The topological polar surface area (TPSA) is 61.6 Å². The predicted molar refractivity (Wildman–Crippen MR) is 100 cm³/mol. The molecule has 0 saturated heterocycles. The van der Waals surface area contributed by atoms with Gasteiger partial charge in [-0.15, -0.1) is 0 Å². The van der Waals surface area contributed by atoms with Gasteiger partial charge in [-0.05, 0) is 0 Å². The fourth-order valence-corrected chi connectivity index (χ4v) is 18.1. The van der Waals surface area contributed by atoms with Gasteiger partial charge >= 0.3 is 152 Å². The van der Waals surface area contributed by atoms with Crippen molar-refractivity contribution >= 4 is 18.8 Å². The van der Waals surface area contributed by atoms with E-state index in [1.54, 1.807) is 0 Å². The third kappa shape index (κ3) is 7.89. The number of unbranched alkanes of at least 4 members (excludes halogenated alkanes) is 3. The van der Waals surface area contributed by atoms with Gasteiger partial charge in [0, 0.05) is 0 Å². The third-order valence-electron chi connectivity index (χ3n) is 5.22. The fourth-order valence-electron chi connectivity index (χ4n) is 3.80. The molecule has 1 aliphatic rings. The Morgan fingerprint density at radius 3 is 1.79 bits per heavy atom. The average molecular weight is 450 g/mol. The van der Waals surface area contributed by atoms with Crippen LogP contribution >= 0.6 is 0 Å². The Hall–Kier alpha value is -0.0413. The molecule has 0 spiro atoms. The van der Waals surface area contributed by atoms with Gasteiger partial charge in [0.2, 0.25) is 0 Å². The van der Waals surface area contributed by atoms with E-state index in [9.17, 15) is 10.1 Å². The molecule has 0 aliphatic heterocycles. The first kappa shape index (κ1) is 22.0. The Balaban J connectivity index is 2.85. The molecule has 6 heteroatoms. The average Bonchev–Trinajstić information content (AvgIpc) is 2.57. The first-order valence-corrected chi connectivity index (χ1v) is 17.3. The Kier molecular flexibility index (Phi) is 11.3. The van der Waals surface area contributed by atoms with Crippen molar-refractivity contribution in [3.63, 3.8) is 0 Å². The van der Waals surface area contributed by atoms with Crippen LogP contribution in [0, 0.1) is 10.1 Å². The van der Waals surface area contributed by atoms with Crippen LogP contribution in [0.5, 0.6) is 0 Å². The zero-order valence-electron chi connectivity index (χ0n) is 15.9. The van der Waals surface area contributed by atoms with Gasteiger partial charge in [0.1, 0.15) is 0 Å². The van der Waals surface area contributed by atoms with Crippen LogP contribution in [-0.4, -0.2) is 36.1 Å². The minimum atomic E-state index is -2.72. The van der Waals surface area contributed by atoms with Crippen molar-refractivity contribution in [2.75, 3.05) is 0 Å². The van der Waals surface area contributed by atoms with Gasteiger partial charge in [-0.1, -0.05) is 0 Å². The van der Waals surface area contributed by atoms with Crippen molar-refractivity contribution in [1.29, 1.82) is 0 Å². The van der Waals surface area contributed by atoms with Crippen LogP contribution in [0.3, 0.4) is 0 Å². The van der Waals surface area contributed by atoms with E-state index in [0.717, 1.165) is 25.7 Å². The van der Waals surface area contributed by atoms with Gasteiger partial charge in [-0.25, -0.2) is 0 Å². The summed E-state index contributed by atoms with van der Waals surface area (Å²) in [5.74, 6) is 0. The van der Waals surface area contributed by atoms with E-state index in [1.165, 1.54) is 51.8 Å². The molecule has 24 heavy (non-hydrogen) atoms. The Morgan fingerprint density at radius 1 is 0.917 bits per heavy atom. The van der Waals surface area contributed by atoms with E-state index in [-0.39, 0.29) is 12.2 Å². The Labute approximate surface area is 152 Å². The molecule has 142 valence electrons. The number of hydrogen-bond donors (Lipinski definition) is 0. The second-order valence-electron chi connectivity index (χ2n) is 7.30. The van der Waals surface area contributed by atoms with Crippen LogP contribution < -0.4 is 0 Å². The third-order valence-corrected chi connectivity index (χ3v) is 18.3. The second kappa shape index (κ2) is 12.3. The molecule has 0 heterocycles. The number of rotatable bonds is 13. The summed E-state index contributed by atoms with van der Waals surface area (Å²) < 4.78 is 10.7. The van der Waals surface area contributed by atoms with Gasteiger partial charge in [-0.2, -0.15) is 0 Å². The summed E-state index contributed by atoms with van der Waals surface area (Å²) in [4.78, 5) is 15.8. The molecule has 0 unspecified atom stereocenters. The molecule has 0 aromatic carbocycles. The van der Waals surface area contributed by atoms with Crippen LogP contribution in [0.25, 0.3) is 0 Å². The number of hydrogen-bond acceptors (Lipinski definition) is 4. The van der Waals surface area contributed by atoms with Gasteiger partial charge in [-0.3, -0.25) is 0 Å². The van der Waals surface area contributed by atoms with Crippen LogP contribution in [0.15, 0.2) is 0 Å². The van der Waals surface area contributed by atoms with E-state index in [4.69, 9.17) is 7.91 Å². The molecule has 0 aromatic heterocycles. The molecule has 1 rings (SSSR count). The maximum absolute atomic E-state index is 10.8. The van der Waals surface area contributed by atoms with E-state index < -0.39 is 23.9 Å². The van der Waals surface area contributed by atoms with Gasteiger partial charge in [0.05, 0.1) is 0 Å². The summed E-state index contributed by atoms with van der Waals surface area (Å²) in [6.07, 6.45) is 10.8. The zero-order chi connectivity index (χ0) is 17.8. The van der Waals surface area contributed by atoms with E-state index in [2.05, 4.69) is 20.8 Å². The molecule has 1 aliphatic carbocycles. The quantitative estimate of drug-likeness (QED) is 0.200. The molecule has 0 bridgehead atoms. The summed E-state index contributed by atoms with van der Waals surface area (Å²) in [6, 6.07) is 0. The standard InChI is InChI=1S/C6H10NO4.3C4H9.Sn/c8-5-3-1-2-4-6(5)11-7(9)10;3*1-3-4-2;/h5-6H,1-4H2;3*1,3-4H2,2H3;/q-1;;;;+1/t5-,6+;;;;/m1..../s1. The first-order chi connectivity index (χ1) is 11.6. The first-order valence-electron chi connectivity index (χ1n) is 10.1. The van der Waals surface area contributed by atoms with Crippen LogP contribution in [0.2, 0.25) is 13.3 Å². The zero-order valence-corrected chi connectivity index (χ0v) is 18.8. The van der Waals surface area contributed by atoms with Gasteiger partial charge in [0.15, 0.2) is 0 Å². The molecule has 1 saturated carbocycles.